The number of hydrogen-bond acceptors (Lipinski definition) is 3. The van der Waals surface area contributed by atoms with E-state index in [1.165, 1.54) is 36.0 Å². The third kappa shape index (κ3) is 3.86. The highest BCUT2D eigenvalue weighted by Crippen LogP contribution is 2.56. The first kappa shape index (κ1) is 17.7. The lowest BCUT2D eigenvalue weighted by Crippen LogP contribution is -2.39. The van der Waals surface area contributed by atoms with E-state index in [4.69, 9.17) is 0 Å². The summed E-state index contributed by atoms with van der Waals surface area (Å²) in [7, 11) is 0. The molecule has 3 nitrogen and oxygen atoms in total. The zero-order valence-electron chi connectivity index (χ0n) is 15.5. The van der Waals surface area contributed by atoms with Gasteiger partial charge in [0.15, 0.2) is 0 Å². The first-order chi connectivity index (χ1) is 12.7. The Bertz CT molecular complexity index is 749. The molecule has 2 aromatic rings. The van der Waals surface area contributed by atoms with E-state index >= 15 is 0 Å². The zero-order valence-corrected chi connectivity index (χ0v) is 16.4. The second-order valence-electron chi connectivity index (χ2n) is 7.97. The van der Waals surface area contributed by atoms with Crippen LogP contribution in [0.5, 0.6) is 0 Å². The summed E-state index contributed by atoms with van der Waals surface area (Å²) >= 11 is 1.72. The normalized spacial score (nSPS) is 20.9. The average molecular weight is 369 g/mol. The van der Waals surface area contributed by atoms with Gasteiger partial charge in [-0.2, -0.15) is 11.3 Å². The van der Waals surface area contributed by atoms with Crippen molar-refractivity contribution in [3.8, 4) is 0 Å². The third-order valence-corrected chi connectivity index (χ3v) is 6.82. The van der Waals surface area contributed by atoms with E-state index in [9.17, 15) is 4.79 Å². The molecule has 1 aliphatic carbocycles. The summed E-state index contributed by atoms with van der Waals surface area (Å²) < 4.78 is 0. The average Bonchev–Trinajstić information content (AvgIpc) is 3.07. The van der Waals surface area contributed by atoms with Gasteiger partial charge in [0.1, 0.15) is 0 Å². The van der Waals surface area contributed by atoms with Gasteiger partial charge in [-0.15, -0.1) is 0 Å². The van der Waals surface area contributed by atoms with E-state index in [0.717, 1.165) is 26.1 Å². The SMILES string of the molecule is Cc1cccc(CCC(=O)N(Cc2ccsc2)C2CC23CCNCC3)c1. The van der Waals surface area contributed by atoms with E-state index in [0.29, 0.717) is 23.8 Å². The fraction of sp³-hybridized carbons (Fsp3) is 0.500. The van der Waals surface area contributed by atoms with Gasteiger partial charge in [0, 0.05) is 19.0 Å². The van der Waals surface area contributed by atoms with Crippen LogP contribution in [0.1, 0.15) is 42.4 Å². The van der Waals surface area contributed by atoms with Crippen molar-refractivity contribution in [2.24, 2.45) is 5.41 Å². The molecule has 4 rings (SSSR count). The van der Waals surface area contributed by atoms with Crippen LogP contribution in [0, 0.1) is 12.3 Å². The number of nitrogens with one attached hydrogen (secondary N) is 1. The third-order valence-electron chi connectivity index (χ3n) is 6.09. The lowest BCUT2D eigenvalue weighted by Gasteiger charge is -2.29. The standard InChI is InChI=1S/C22H28N2OS/c1-17-3-2-4-18(13-17)5-6-21(25)24(15-19-7-12-26-16-19)20-14-22(20)8-10-23-11-9-22/h2-4,7,12-13,16,20,23H,5-6,8-11,14-15H2,1H3. The fourth-order valence-electron chi connectivity index (χ4n) is 4.44. The summed E-state index contributed by atoms with van der Waals surface area (Å²) in [5.74, 6) is 0.318. The van der Waals surface area contributed by atoms with Crippen molar-refractivity contribution in [1.82, 2.24) is 10.2 Å². The van der Waals surface area contributed by atoms with Crippen LogP contribution < -0.4 is 5.32 Å². The van der Waals surface area contributed by atoms with Crippen molar-refractivity contribution >= 4 is 17.2 Å². The van der Waals surface area contributed by atoms with Crippen LogP contribution in [0.25, 0.3) is 0 Å². The van der Waals surface area contributed by atoms with Gasteiger partial charge in [0.25, 0.3) is 0 Å². The molecule has 138 valence electrons. The Morgan fingerprint density at radius 2 is 2.12 bits per heavy atom. The quantitative estimate of drug-likeness (QED) is 0.830. The number of thiophene rings is 1. The Labute approximate surface area is 160 Å². The Morgan fingerprint density at radius 1 is 1.27 bits per heavy atom. The molecule has 1 unspecified atom stereocenters. The predicted molar refractivity (Wildman–Crippen MR) is 107 cm³/mol. The van der Waals surface area contributed by atoms with E-state index in [1.807, 2.05) is 0 Å². The second-order valence-corrected chi connectivity index (χ2v) is 8.75. The number of carbonyl (C=O) groups is 1. The lowest BCUT2D eigenvalue weighted by atomic mass is 9.93. The number of nitrogens with zero attached hydrogens (tertiary/aromatic N) is 1. The van der Waals surface area contributed by atoms with Gasteiger partial charge in [0.05, 0.1) is 0 Å². The smallest absolute Gasteiger partial charge is 0.223 e. The van der Waals surface area contributed by atoms with Gasteiger partial charge in [-0.25, -0.2) is 0 Å². The van der Waals surface area contributed by atoms with Crippen molar-refractivity contribution in [3.05, 3.63) is 57.8 Å². The molecule has 1 saturated heterocycles. The number of rotatable bonds is 6. The van der Waals surface area contributed by atoms with Gasteiger partial charge in [-0.3, -0.25) is 4.79 Å². The maximum atomic E-state index is 13.1. The molecule has 2 heterocycles. The molecule has 1 N–H and O–H groups in total. The van der Waals surface area contributed by atoms with E-state index in [-0.39, 0.29) is 0 Å². The predicted octanol–water partition coefficient (Wildman–Crippen LogP) is 4.16. The minimum absolute atomic E-state index is 0.318. The number of hydrogen-bond donors (Lipinski definition) is 1. The molecule has 26 heavy (non-hydrogen) atoms. The molecule has 2 aliphatic rings. The molecule has 4 heteroatoms. The van der Waals surface area contributed by atoms with Gasteiger partial charge in [0.2, 0.25) is 5.91 Å². The number of benzene rings is 1. The molecule has 1 saturated carbocycles. The van der Waals surface area contributed by atoms with Crippen LogP contribution in [0.15, 0.2) is 41.1 Å². The Balaban J connectivity index is 1.44. The molecule has 1 amide bonds. The summed E-state index contributed by atoms with van der Waals surface area (Å²) in [6, 6.07) is 11.1. The summed E-state index contributed by atoms with van der Waals surface area (Å²) in [5.41, 5.74) is 4.19. The van der Waals surface area contributed by atoms with E-state index in [2.05, 4.69) is 58.2 Å². The Hall–Kier alpha value is -1.65. The van der Waals surface area contributed by atoms with Crippen molar-refractivity contribution in [1.29, 1.82) is 0 Å². The van der Waals surface area contributed by atoms with Crippen molar-refractivity contribution < 1.29 is 4.79 Å². The van der Waals surface area contributed by atoms with Crippen LogP contribution in [0.2, 0.25) is 0 Å². The van der Waals surface area contributed by atoms with Crippen molar-refractivity contribution in [2.45, 2.75) is 51.6 Å². The molecule has 1 aliphatic heterocycles. The monoisotopic (exact) mass is 368 g/mol. The minimum Gasteiger partial charge on any atom is -0.335 e. The minimum atomic E-state index is 0.318. The topological polar surface area (TPSA) is 32.3 Å². The Kier molecular flexibility index (Phi) is 5.14. The van der Waals surface area contributed by atoms with E-state index < -0.39 is 0 Å². The van der Waals surface area contributed by atoms with Crippen LogP contribution in [0.3, 0.4) is 0 Å². The molecule has 1 aromatic carbocycles. The highest BCUT2D eigenvalue weighted by molar-refractivity contribution is 7.07. The van der Waals surface area contributed by atoms with Crippen molar-refractivity contribution in [3.63, 3.8) is 0 Å². The molecule has 2 fully saturated rings. The van der Waals surface area contributed by atoms with Gasteiger partial charge in [-0.05, 0) is 79.1 Å². The molecule has 1 spiro atoms. The summed E-state index contributed by atoms with van der Waals surface area (Å²) in [5, 5.41) is 7.75. The van der Waals surface area contributed by atoms with Gasteiger partial charge < -0.3 is 10.2 Å². The van der Waals surface area contributed by atoms with E-state index in [1.54, 1.807) is 11.3 Å². The highest BCUT2D eigenvalue weighted by atomic mass is 32.1. The van der Waals surface area contributed by atoms with Crippen LogP contribution in [-0.2, 0) is 17.8 Å². The maximum Gasteiger partial charge on any atom is 0.223 e. The molecule has 0 radical (unpaired) electrons. The Morgan fingerprint density at radius 3 is 2.85 bits per heavy atom. The lowest BCUT2D eigenvalue weighted by molar-refractivity contribution is -0.133. The first-order valence-electron chi connectivity index (χ1n) is 9.73. The van der Waals surface area contributed by atoms with Gasteiger partial charge in [-0.1, -0.05) is 29.8 Å². The molecule has 1 aromatic heterocycles. The number of piperidine rings is 1. The number of aryl methyl sites for hydroxylation is 2. The largest absolute Gasteiger partial charge is 0.335 e. The van der Waals surface area contributed by atoms with Crippen LogP contribution in [0.4, 0.5) is 0 Å². The highest BCUT2D eigenvalue weighted by Gasteiger charge is 2.57. The summed E-state index contributed by atoms with van der Waals surface area (Å²) in [4.78, 5) is 15.3. The zero-order chi connectivity index (χ0) is 18.0. The molecule has 0 bridgehead atoms. The summed E-state index contributed by atoms with van der Waals surface area (Å²) in [6.07, 6.45) is 5.06. The molecule has 1 atom stereocenters. The fourth-order valence-corrected chi connectivity index (χ4v) is 5.10. The maximum absolute atomic E-state index is 13.1. The van der Waals surface area contributed by atoms with Gasteiger partial charge >= 0.3 is 0 Å². The van der Waals surface area contributed by atoms with Crippen LogP contribution >= 0.6 is 11.3 Å². The second kappa shape index (κ2) is 7.53. The number of carbonyl (C=O) groups excluding carboxylic acids is 1. The first-order valence-corrected chi connectivity index (χ1v) is 10.7. The van der Waals surface area contributed by atoms with Crippen LogP contribution in [-0.4, -0.2) is 29.9 Å². The number of amides is 1. The van der Waals surface area contributed by atoms with Crippen molar-refractivity contribution in [2.75, 3.05) is 13.1 Å². The molecular weight excluding hydrogens is 340 g/mol. The molecular formula is C22H28N2OS. The summed E-state index contributed by atoms with van der Waals surface area (Å²) in [6.45, 7) is 5.08.